The Morgan fingerprint density at radius 3 is 2.49 bits per heavy atom. The van der Waals surface area contributed by atoms with Crippen molar-refractivity contribution in [3.63, 3.8) is 0 Å². The molecule has 4 aromatic rings. The van der Waals surface area contributed by atoms with E-state index in [1.165, 1.54) is 23.4 Å². The quantitative estimate of drug-likeness (QED) is 0.303. The second-order valence-electron chi connectivity index (χ2n) is 9.59. The monoisotopic (exact) mass is 566 g/mol. The first-order valence-corrected chi connectivity index (χ1v) is 13.0. The van der Waals surface area contributed by atoms with Crippen LogP contribution in [0.5, 0.6) is 0 Å². The Bertz CT molecular complexity index is 1550. The van der Waals surface area contributed by atoms with Gasteiger partial charge in [-0.2, -0.15) is 27.9 Å². The van der Waals surface area contributed by atoms with Crippen molar-refractivity contribution >= 4 is 34.7 Å². The Labute approximate surface area is 234 Å². The highest BCUT2D eigenvalue weighted by Crippen LogP contribution is 2.35. The summed E-state index contributed by atoms with van der Waals surface area (Å²) in [5.74, 6) is 0.404. The van der Waals surface area contributed by atoms with E-state index in [1.54, 1.807) is 24.3 Å². The van der Waals surface area contributed by atoms with Gasteiger partial charge in [-0.15, -0.1) is 0 Å². The topological polar surface area (TPSA) is 130 Å². The van der Waals surface area contributed by atoms with Crippen LogP contribution in [0.25, 0.3) is 5.82 Å². The van der Waals surface area contributed by atoms with Crippen molar-refractivity contribution in [1.29, 1.82) is 0 Å². The lowest BCUT2D eigenvalue weighted by Crippen LogP contribution is -2.46. The molecule has 0 unspecified atom stereocenters. The molecule has 11 nitrogen and oxygen atoms in total. The maximum absolute atomic E-state index is 13.8. The van der Waals surface area contributed by atoms with Crippen molar-refractivity contribution in [2.45, 2.75) is 20.0 Å². The van der Waals surface area contributed by atoms with E-state index >= 15 is 0 Å². The molecule has 2 aromatic heterocycles. The number of carbonyl (C=O) groups is 1. The third kappa shape index (κ3) is 6.38. The van der Waals surface area contributed by atoms with Crippen molar-refractivity contribution in [3.05, 3.63) is 71.8 Å². The first kappa shape index (κ1) is 27.8. The smallest absolute Gasteiger partial charge is 0.384 e. The van der Waals surface area contributed by atoms with Crippen LogP contribution in [0.1, 0.15) is 28.4 Å². The van der Waals surface area contributed by atoms with Crippen LogP contribution in [-0.4, -0.2) is 68.3 Å². The summed E-state index contributed by atoms with van der Waals surface area (Å²) in [5, 5.41) is 9.96. The molecule has 214 valence electrons. The average molecular weight is 567 g/mol. The molecule has 0 radical (unpaired) electrons. The van der Waals surface area contributed by atoms with E-state index < -0.39 is 17.6 Å². The summed E-state index contributed by atoms with van der Waals surface area (Å²) >= 11 is 0. The fourth-order valence-electron chi connectivity index (χ4n) is 4.55. The van der Waals surface area contributed by atoms with Gasteiger partial charge in [-0.3, -0.25) is 4.79 Å². The molecule has 4 N–H and O–H groups in total. The van der Waals surface area contributed by atoms with E-state index in [4.69, 9.17) is 5.73 Å². The number of nitrogens with two attached hydrogens (primary N) is 1. The first-order chi connectivity index (χ1) is 19.6. The summed E-state index contributed by atoms with van der Waals surface area (Å²) in [6.45, 7) is 7.49. The first-order valence-electron chi connectivity index (χ1n) is 13.0. The van der Waals surface area contributed by atoms with Gasteiger partial charge < -0.3 is 26.2 Å². The van der Waals surface area contributed by atoms with Gasteiger partial charge in [0, 0.05) is 54.9 Å². The Morgan fingerprint density at radius 2 is 1.78 bits per heavy atom. The number of nitrogen functional groups attached to an aromatic ring is 1. The molecule has 1 saturated heterocycles. The standard InChI is InChI=1S/C27H29F3N10O/c1-3-38-6-8-39(9-7-38)21-12-19(27(28,29)30)11-20(13-21)36-25(41)18-5-4-17(2)22(10-18)37-26-34-16-35-40(26)24-14-23(31)32-15-33-24/h4-5,10-16H,3,6-9H2,1-2H3,(H,36,41)(H2,31,32,33)(H,34,35,37). The molecule has 14 heteroatoms. The molecule has 0 spiro atoms. The van der Waals surface area contributed by atoms with E-state index in [0.29, 0.717) is 36.2 Å². The van der Waals surface area contributed by atoms with Crippen molar-refractivity contribution in [2.24, 2.45) is 0 Å². The van der Waals surface area contributed by atoms with Gasteiger partial charge in [0.1, 0.15) is 18.5 Å². The predicted octanol–water partition coefficient (Wildman–Crippen LogP) is 4.10. The molecule has 1 amide bonds. The minimum Gasteiger partial charge on any atom is -0.384 e. The predicted molar refractivity (Wildman–Crippen MR) is 150 cm³/mol. The van der Waals surface area contributed by atoms with Crippen LogP contribution < -0.4 is 21.3 Å². The number of likely N-dealkylation sites (N-methyl/N-ethyl adjacent to an activating group) is 1. The van der Waals surface area contributed by atoms with Crippen LogP contribution in [0.15, 0.2) is 55.1 Å². The lowest BCUT2D eigenvalue weighted by atomic mass is 10.1. The van der Waals surface area contributed by atoms with Gasteiger partial charge in [0.05, 0.1) is 5.56 Å². The highest BCUT2D eigenvalue weighted by atomic mass is 19.4. The fourth-order valence-corrected chi connectivity index (χ4v) is 4.55. The molecule has 0 saturated carbocycles. The number of anilines is 5. The van der Waals surface area contributed by atoms with Crippen molar-refractivity contribution in [2.75, 3.05) is 54.0 Å². The zero-order chi connectivity index (χ0) is 29.1. The van der Waals surface area contributed by atoms with Gasteiger partial charge in [-0.1, -0.05) is 13.0 Å². The molecule has 1 fully saturated rings. The average Bonchev–Trinajstić information content (AvgIpc) is 3.42. The Kier molecular flexibility index (Phi) is 7.75. The number of aromatic nitrogens is 5. The molecule has 0 aliphatic carbocycles. The van der Waals surface area contributed by atoms with Crippen molar-refractivity contribution in [1.82, 2.24) is 29.6 Å². The zero-order valence-corrected chi connectivity index (χ0v) is 22.5. The number of halogens is 3. The summed E-state index contributed by atoms with van der Waals surface area (Å²) < 4.78 is 42.7. The van der Waals surface area contributed by atoms with Gasteiger partial charge in [0.25, 0.3) is 5.91 Å². The van der Waals surface area contributed by atoms with Gasteiger partial charge in [0.2, 0.25) is 5.95 Å². The second-order valence-corrected chi connectivity index (χ2v) is 9.59. The van der Waals surface area contributed by atoms with Crippen LogP contribution in [0.4, 0.5) is 42.0 Å². The number of hydrogen-bond donors (Lipinski definition) is 3. The number of nitrogens with one attached hydrogen (secondary N) is 2. The molecule has 0 atom stereocenters. The molecular formula is C27H29F3N10O. The number of benzene rings is 2. The number of alkyl halides is 3. The van der Waals surface area contributed by atoms with Gasteiger partial charge in [0.15, 0.2) is 5.82 Å². The van der Waals surface area contributed by atoms with Crippen molar-refractivity contribution in [3.8, 4) is 5.82 Å². The normalized spacial score (nSPS) is 14.2. The number of aryl methyl sites for hydroxylation is 1. The summed E-state index contributed by atoms with van der Waals surface area (Å²) in [5.41, 5.74) is 7.01. The summed E-state index contributed by atoms with van der Waals surface area (Å²) in [4.78, 5) is 29.6. The van der Waals surface area contributed by atoms with E-state index in [0.717, 1.165) is 37.3 Å². The maximum atomic E-state index is 13.8. The van der Waals surface area contributed by atoms with Gasteiger partial charge in [-0.25, -0.2) is 9.97 Å². The molecule has 1 aliphatic rings. The number of hydrogen-bond acceptors (Lipinski definition) is 9. The van der Waals surface area contributed by atoms with Crippen molar-refractivity contribution < 1.29 is 18.0 Å². The Morgan fingerprint density at radius 1 is 1.00 bits per heavy atom. The maximum Gasteiger partial charge on any atom is 0.416 e. The largest absolute Gasteiger partial charge is 0.416 e. The molecule has 3 heterocycles. The SMILES string of the molecule is CCN1CCN(c2cc(NC(=O)c3ccc(C)c(Nc4ncnn4-c4cc(N)ncn4)c3)cc(C(F)(F)F)c2)CC1. The Balaban J connectivity index is 1.38. The van der Waals surface area contributed by atoms with Gasteiger partial charge in [-0.05, 0) is 49.4 Å². The van der Waals surface area contributed by atoms with E-state index in [1.807, 2.05) is 11.8 Å². The lowest BCUT2D eigenvalue weighted by Gasteiger charge is -2.36. The van der Waals surface area contributed by atoms with Crippen LogP contribution >= 0.6 is 0 Å². The second kappa shape index (κ2) is 11.4. The van der Waals surface area contributed by atoms with E-state index in [2.05, 4.69) is 42.5 Å². The highest BCUT2D eigenvalue weighted by Gasteiger charge is 2.32. The molecule has 5 rings (SSSR count). The molecule has 41 heavy (non-hydrogen) atoms. The lowest BCUT2D eigenvalue weighted by molar-refractivity contribution is -0.137. The zero-order valence-electron chi connectivity index (χ0n) is 22.5. The minimum atomic E-state index is -4.56. The summed E-state index contributed by atoms with van der Waals surface area (Å²) in [6, 6.07) is 10.1. The number of piperazine rings is 1. The number of amides is 1. The fraction of sp³-hybridized carbons (Fsp3) is 0.296. The third-order valence-corrected chi connectivity index (χ3v) is 6.87. The third-order valence-electron chi connectivity index (χ3n) is 6.87. The van der Waals surface area contributed by atoms with Crippen LogP contribution in [-0.2, 0) is 6.18 Å². The molecular weight excluding hydrogens is 537 g/mol. The minimum absolute atomic E-state index is 0.0638. The number of nitrogens with zero attached hydrogens (tertiary/aromatic N) is 7. The number of carbonyl (C=O) groups excluding carboxylic acids is 1. The highest BCUT2D eigenvalue weighted by molar-refractivity contribution is 6.05. The number of rotatable bonds is 7. The molecule has 0 bridgehead atoms. The van der Waals surface area contributed by atoms with E-state index in [9.17, 15) is 18.0 Å². The molecule has 2 aromatic carbocycles. The van der Waals surface area contributed by atoms with E-state index in [-0.39, 0.29) is 17.1 Å². The Hall–Kier alpha value is -4.72. The van der Waals surface area contributed by atoms with Crippen LogP contribution in [0.2, 0.25) is 0 Å². The van der Waals surface area contributed by atoms with Crippen LogP contribution in [0, 0.1) is 6.92 Å². The summed E-state index contributed by atoms with van der Waals surface area (Å²) in [7, 11) is 0. The van der Waals surface area contributed by atoms with Gasteiger partial charge >= 0.3 is 6.18 Å². The summed E-state index contributed by atoms with van der Waals surface area (Å²) in [6.07, 6.45) is -1.93. The molecule has 1 aliphatic heterocycles. The van der Waals surface area contributed by atoms with Crippen LogP contribution in [0.3, 0.4) is 0 Å².